The second-order valence-corrected chi connectivity index (χ2v) is 7.13. The van der Waals surface area contributed by atoms with Crippen LogP contribution in [0, 0.1) is 0 Å². The number of nitrogens with one attached hydrogen (secondary N) is 2. The van der Waals surface area contributed by atoms with Crippen LogP contribution in [-0.2, 0) is 0 Å². The summed E-state index contributed by atoms with van der Waals surface area (Å²) in [5.74, 6) is -0.476. The van der Waals surface area contributed by atoms with Gasteiger partial charge in [-0.05, 0) is 42.5 Å². The monoisotopic (exact) mass is 419 g/mol. The molecule has 4 aromatic rings. The second-order valence-electron chi connectivity index (χ2n) is 6.72. The van der Waals surface area contributed by atoms with Crippen molar-refractivity contribution in [2.75, 3.05) is 12.4 Å². The number of halogens is 1. The number of hydrogen-bond acceptors (Lipinski definition) is 4. The van der Waals surface area contributed by atoms with E-state index in [9.17, 15) is 9.59 Å². The highest BCUT2D eigenvalue weighted by atomic mass is 35.5. The quantitative estimate of drug-likeness (QED) is 0.442. The van der Waals surface area contributed by atoms with Crippen molar-refractivity contribution in [2.24, 2.45) is 5.73 Å². The van der Waals surface area contributed by atoms with E-state index in [1.54, 1.807) is 18.2 Å². The number of nitrogens with zero attached hydrogens (tertiary/aromatic N) is 2. The lowest BCUT2D eigenvalue weighted by Crippen LogP contribution is -2.37. The molecule has 0 aliphatic carbocycles. The number of rotatable bonds is 4. The number of aromatic nitrogens is 2. The minimum Gasteiger partial charge on any atom is -0.354 e. The van der Waals surface area contributed by atoms with Crippen LogP contribution in [0.25, 0.3) is 22.2 Å². The summed E-state index contributed by atoms with van der Waals surface area (Å²) < 4.78 is 0. The molecule has 0 unspecified atom stereocenters. The SMILES string of the molecule is CN(C(N)=O)C(=O)c1cccc(-c2n[nH]c3cc(Nc4ccccc4Cl)ccc23)c1. The first-order valence-corrected chi connectivity index (χ1v) is 9.49. The van der Waals surface area contributed by atoms with E-state index in [-0.39, 0.29) is 0 Å². The van der Waals surface area contributed by atoms with Crippen molar-refractivity contribution in [3.05, 3.63) is 77.3 Å². The molecule has 30 heavy (non-hydrogen) atoms. The summed E-state index contributed by atoms with van der Waals surface area (Å²) >= 11 is 6.22. The fourth-order valence-corrected chi connectivity index (χ4v) is 3.31. The minimum absolute atomic E-state index is 0.349. The zero-order valence-electron chi connectivity index (χ0n) is 16.0. The lowest BCUT2D eigenvalue weighted by Gasteiger charge is -2.12. The van der Waals surface area contributed by atoms with Gasteiger partial charge in [0.1, 0.15) is 0 Å². The molecule has 0 aliphatic rings. The van der Waals surface area contributed by atoms with Crippen molar-refractivity contribution >= 4 is 45.8 Å². The number of carbonyl (C=O) groups excluding carboxylic acids is 2. The van der Waals surface area contributed by atoms with Crippen molar-refractivity contribution in [2.45, 2.75) is 0 Å². The largest absolute Gasteiger partial charge is 0.354 e. The molecule has 3 aromatic carbocycles. The molecular weight excluding hydrogens is 402 g/mol. The first-order valence-electron chi connectivity index (χ1n) is 9.11. The molecule has 3 amide bonds. The van der Waals surface area contributed by atoms with Gasteiger partial charge >= 0.3 is 6.03 Å². The highest BCUT2D eigenvalue weighted by molar-refractivity contribution is 6.33. The molecule has 0 fully saturated rings. The van der Waals surface area contributed by atoms with Crippen molar-refractivity contribution in [3.8, 4) is 11.3 Å². The predicted molar refractivity (Wildman–Crippen MR) is 118 cm³/mol. The summed E-state index contributed by atoms with van der Waals surface area (Å²) in [5.41, 5.74) is 9.48. The smallest absolute Gasteiger partial charge is 0.321 e. The van der Waals surface area contributed by atoms with Gasteiger partial charge in [-0.3, -0.25) is 14.8 Å². The summed E-state index contributed by atoms with van der Waals surface area (Å²) in [5, 5.41) is 12.3. The molecule has 7 nitrogen and oxygen atoms in total. The Morgan fingerprint density at radius 1 is 1.07 bits per heavy atom. The topological polar surface area (TPSA) is 104 Å². The van der Waals surface area contributed by atoms with Crippen LogP contribution in [0.15, 0.2) is 66.7 Å². The second kappa shape index (κ2) is 7.88. The van der Waals surface area contributed by atoms with Crippen molar-refractivity contribution in [1.82, 2.24) is 15.1 Å². The van der Waals surface area contributed by atoms with E-state index in [1.165, 1.54) is 7.05 Å². The van der Waals surface area contributed by atoms with Crippen LogP contribution < -0.4 is 11.1 Å². The first-order chi connectivity index (χ1) is 14.4. The fraction of sp³-hybridized carbons (Fsp3) is 0.0455. The molecule has 150 valence electrons. The van der Waals surface area contributed by atoms with Gasteiger partial charge in [-0.2, -0.15) is 5.10 Å². The molecule has 0 atom stereocenters. The lowest BCUT2D eigenvalue weighted by atomic mass is 10.0. The Morgan fingerprint density at radius 3 is 2.63 bits per heavy atom. The number of aromatic amines is 1. The van der Waals surface area contributed by atoms with Gasteiger partial charge < -0.3 is 11.1 Å². The maximum absolute atomic E-state index is 12.4. The van der Waals surface area contributed by atoms with Crippen LogP contribution in [0.2, 0.25) is 5.02 Å². The van der Waals surface area contributed by atoms with Gasteiger partial charge in [-0.15, -0.1) is 0 Å². The van der Waals surface area contributed by atoms with Crippen LogP contribution in [0.5, 0.6) is 0 Å². The fourth-order valence-electron chi connectivity index (χ4n) is 3.13. The van der Waals surface area contributed by atoms with Crippen LogP contribution in [0.1, 0.15) is 10.4 Å². The third-order valence-electron chi connectivity index (χ3n) is 4.73. The van der Waals surface area contributed by atoms with Crippen molar-refractivity contribution in [1.29, 1.82) is 0 Å². The molecule has 0 saturated heterocycles. The number of benzene rings is 3. The lowest BCUT2D eigenvalue weighted by molar-refractivity contribution is 0.0838. The number of H-pyrrole nitrogens is 1. The number of amides is 3. The van der Waals surface area contributed by atoms with Crippen LogP contribution in [-0.4, -0.2) is 34.1 Å². The van der Waals surface area contributed by atoms with Gasteiger partial charge in [-0.25, -0.2) is 4.79 Å². The molecule has 0 radical (unpaired) electrons. The molecule has 4 rings (SSSR count). The van der Waals surface area contributed by atoms with Gasteiger partial charge in [0, 0.05) is 29.2 Å². The van der Waals surface area contributed by atoms with Gasteiger partial charge in [0.25, 0.3) is 5.91 Å². The summed E-state index contributed by atoms with van der Waals surface area (Å²) in [7, 11) is 1.34. The van der Waals surface area contributed by atoms with Gasteiger partial charge in [0.05, 0.1) is 21.9 Å². The maximum Gasteiger partial charge on any atom is 0.321 e. The van der Waals surface area contributed by atoms with E-state index in [0.717, 1.165) is 32.7 Å². The van der Waals surface area contributed by atoms with Crippen molar-refractivity contribution < 1.29 is 9.59 Å². The number of para-hydroxylation sites is 1. The number of imide groups is 1. The number of hydrogen-bond donors (Lipinski definition) is 3. The van der Waals surface area contributed by atoms with E-state index < -0.39 is 11.9 Å². The predicted octanol–water partition coefficient (Wildman–Crippen LogP) is 4.78. The Kier molecular flexibility index (Phi) is 5.12. The Morgan fingerprint density at radius 2 is 1.87 bits per heavy atom. The maximum atomic E-state index is 12.4. The molecule has 4 N–H and O–H groups in total. The number of fused-ring (bicyclic) bond motifs is 1. The molecule has 0 aliphatic heterocycles. The summed E-state index contributed by atoms with van der Waals surface area (Å²) in [6.07, 6.45) is 0. The Labute approximate surface area is 177 Å². The van der Waals surface area contributed by atoms with Gasteiger partial charge in [-0.1, -0.05) is 35.9 Å². The number of nitrogens with two attached hydrogens (primary N) is 1. The molecule has 0 bridgehead atoms. The average Bonchev–Trinajstić information content (AvgIpc) is 3.17. The minimum atomic E-state index is -0.811. The van der Waals surface area contributed by atoms with E-state index in [1.807, 2.05) is 48.5 Å². The van der Waals surface area contributed by atoms with Gasteiger partial charge in [0.15, 0.2) is 0 Å². The third-order valence-corrected chi connectivity index (χ3v) is 5.06. The number of anilines is 2. The molecule has 0 saturated carbocycles. The molecule has 8 heteroatoms. The summed E-state index contributed by atoms with van der Waals surface area (Å²) in [6, 6.07) is 19.4. The Bertz CT molecular complexity index is 1270. The van der Waals surface area contributed by atoms with E-state index in [4.69, 9.17) is 17.3 Å². The zero-order chi connectivity index (χ0) is 21.3. The number of urea groups is 1. The van der Waals surface area contributed by atoms with E-state index in [0.29, 0.717) is 16.3 Å². The van der Waals surface area contributed by atoms with Crippen LogP contribution in [0.4, 0.5) is 16.2 Å². The average molecular weight is 420 g/mol. The number of primary amides is 1. The highest BCUT2D eigenvalue weighted by Crippen LogP contribution is 2.31. The normalized spacial score (nSPS) is 10.7. The first kappa shape index (κ1) is 19.5. The van der Waals surface area contributed by atoms with Gasteiger partial charge in [0.2, 0.25) is 0 Å². The highest BCUT2D eigenvalue weighted by Gasteiger charge is 2.17. The third kappa shape index (κ3) is 3.70. The van der Waals surface area contributed by atoms with E-state index in [2.05, 4.69) is 15.5 Å². The van der Waals surface area contributed by atoms with Crippen LogP contribution >= 0.6 is 11.6 Å². The zero-order valence-corrected chi connectivity index (χ0v) is 16.8. The van der Waals surface area contributed by atoms with Crippen molar-refractivity contribution in [3.63, 3.8) is 0 Å². The van der Waals surface area contributed by atoms with Crippen LogP contribution in [0.3, 0.4) is 0 Å². The summed E-state index contributed by atoms with van der Waals surface area (Å²) in [4.78, 5) is 24.5. The Balaban J connectivity index is 1.66. The van der Waals surface area contributed by atoms with E-state index >= 15 is 0 Å². The summed E-state index contributed by atoms with van der Waals surface area (Å²) in [6.45, 7) is 0. The number of carbonyl (C=O) groups is 2. The Hall–Kier alpha value is -3.84. The standard InChI is InChI=1S/C22H18ClN5O2/c1-28(22(24)30)21(29)14-6-4-5-13(11-14)20-16-10-9-15(12-19(16)26-27-20)25-18-8-3-2-7-17(18)23/h2-12,25H,1H3,(H2,24,30)(H,26,27). The molecular formula is C22H18ClN5O2. The molecule has 0 spiro atoms. The molecule has 1 heterocycles. The molecule has 1 aromatic heterocycles.